The van der Waals surface area contributed by atoms with E-state index in [1.165, 1.54) is 11.3 Å². The van der Waals surface area contributed by atoms with Crippen LogP contribution in [0.15, 0.2) is 42.5 Å². The summed E-state index contributed by atoms with van der Waals surface area (Å²) in [5.74, 6) is -0.826. The summed E-state index contributed by atoms with van der Waals surface area (Å²) < 4.78 is 12.4. The summed E-state index contributed by atoms with van der Waals surface area (Å²) in [5, 5.41) is 0.581. The number of aromatic nitrogens is 1. The Morgan fingerprint density at radius 3 is 2.34 bits per heavy atom. The molecule has 0 N–H and O–H groups in total. The number of hydrogen-bond acceptors (Lipinski definition) is 7. The second-order valence-electron chi connectivity index (χ2n) is 7.22. The van der Waals surface area contributed by atoms with Crippen molar-refractivity contribution in [3.63, 3.8) is 0 Å². The lowest BCUT2D eigenvalue weighted by Crippen LogP contribution is -2.33. The maximum Gasteiger partial charge on any atom is 0.339 e. The number of hydrogen-bond donors (Lipinski definition) is 0. The Kier molecular flexibility index (Phi) is 6.36. The highest BCUT2D eigenvalue weighted by Crippen LogP contribution is 2.35. The van der Waals surface area contributed by atoms with Gasteiger partial charge in [0.25, 0.3) is 0 Å². The predicted molar refractivity (Wildman–Crippen MR) is 121 cm³/mol. The summed E-state index contributed by atoms with van der Waals surface area (Å²) in [5.41, 5.74) is 1.05. The Morgan fingerprint density at radius 2 is 1.62 bits per heavy atom. The summed E-state index contributed by atoms with van der Waals surface area (Å²) in [4.78, 5) is 44.6. The highest BCUT2D eigenvalue weighted by atomic mass is 32.1. The van der Waals surface area contributed by atoms with E-state index in [2.05, 4.69) is 4.98 Å². The Labute approximate surface area is 189 Å². The van der Waals surface area contributed by atoms with E-state index in [9.17, 15) is 14.4 Å². The van der Waals surface area contributed by atoms with Gasteiger partial charge in [-0.15, -0.1) is 11.3 Å². The first-order chi connectivity index (χ1) is 15.5. The zero-order chi connectivity index (χ0) is 22.7. The number of imide groups is 2. The van der Waals surface area contributed by atoms with Crippen LogP contribution in [0.2, 0.25) is 0 Å². The normalized spacial score (nSPS) is 14.0. The molecule has 2 aromatic carbocycles. The number of fused-ring (bicyclic) bond motifs is 1. The lowest BCUT2D eigenvalue weighted by molar-refractivity contribution is -0.139. The second-order valence-corrected chi connectivity index (χ2v) is 8.33. The second kappa shape index (κ2) is 9.35. The summed E-state index contributed by atoms with van der Waals surface area (Å²) in [6.45, 7) is 4.88. The molecule has 3 aromatic rings. The zero-order valence-electron chi connectivity index (χ0n) is 17.9. The van der Waals surface area contributed by atoms with Gasteiger partial charge in [-0.1, -0.05) is 26.0 Å². The summed E-state index contributed by atoms with van der Waals surface area (Å²) >= 11 is 1.38. The van der Waals surface area contributed by atoms with E-state index in [0.29, 0.717) is 29.7 Å². The van der Waals surface area contributed by atoms with Crippen LogP contribution in [0.3, 0.4) is 0 Å². The zero-order valence-corrected chi connectivity index (χ0v) is 18.7. The molecule has 0 unspecified atom stereocenters. The molecule has 9 heteroatoms. The molecular weight excluding hydrogens is 430 g/mol. The van der Waals surface area contributed by atoms with E-state index in [1.807, 2.05) is 38.1 Å². The maximum atomic E-state index is 13.0. The van der Waals surface area contributed by atoms with Crippen LogP contribution in [0.25, 0.3) is 10.2 Å². The van der Waals surface area contributed by atoms with Gasteiger partial charge >= 0.3 is 17.8 Å². The number of rotatable bonds is 9. The molecule has 1 saturated heterocycles. The molecule has 1 fully saturated rings. The van der Waals surface area contributed by atoms with E-state index < -0.39 is 17.8 Å². The number of urea groups is 1. The van der Waals surface area contributed by atoms with E-state index >= 15 is 0 Å². The number of thiazole rings is 1. The van der Waals surface area contributed by atoms with Gasteiger partial charge in [0.05, 0.1) is 35.7 Å². The third-order valence-corrected chi connectivity index (χ3v) is 5.81. The minimum absolute atomic E-state index is 0.0594. The Bertz CT molecular complexity index is 1140. The summed E-state index contributed by atoms with van der Waals surface area (Å²) in [6, 6.07) is 11.6. The number of nitrogens with zero attached hydrogens (tertiary/aromatic N) is 3. The Hall–Kier alpha value is -3.46. The largest absolute Gasteiger partial charge is 0.490 e. The van der Waals surface area contributed by atoms with Crippen LogP contribution in [0, 0.1) is 0 Å². The first-order valence-electron chi connectivity index (χ1n) is 10.5. The molecule has 1 aliphatic rings. The van der Waals surface area contributed by atoms with Crippen LogP contribution in [0.4, 0.5) is 10.5 Å². The number of para-hydroxylation sites is 1. The third-order valence-electron chi connectivity index (χ3n) is 4.79. The monoisotopic (exact) mass is 453 g/mol. The van der Waals surface area contributed by atoms with Crippen molar-refractivity contribution in [3.05, 3.63) is 47.5 Å². The van der Waals surface area contributed by atoms with Gasteiger partial charge in [-0.3, -0.25) is 9.59 Å². The standard InChI is InChI=1S/C23H23N3O5S/c1-3-11-30-17-10-9-15(13-18(17)31-12-4-2)26-22(28)21(27)25(23(26)29)14-20-24-16-7-5-6-8-19(16)32-20/h5-10,13H,3-4,11-12,14H2,1-2H3. The van der Waals surface area contributed by atoms with Gasteiger partial charge in [-0.05, 0) is 37.1 Å². The van der Waals surface area contributed by atoms with Crippen molar-refractivity contribution in [2.24, 2.45) is 0 Å². The number of benzene rings is 2. The SMILES string of the molecule is CCCOc1ccc(N2C(=O)C(=O)N(Cc3nc4ccccc4s3)C2=O)cc1OCCC. The van der Waals surface area contributed by atoms with Crippen LogP contribution in [-0.4, -0.2) is 40.9 Å². The van der Waals surface area contributed by atoms with Crippen LogP contribution >= 0.6 is 11.3 Å². The molecule has 0 atom stereocenters. The number of carbonyl (C=O) groups excluding carboxylic acids is 3. The fourth-order valence-corrected chi connectivity index (χ4v) is 4.24. The van der Waals surface area contributed by atoms with Gasteiger partial charge in [0, 0.05) is 6.07 Å². The third kappa shape index (κ3) is 4.16. The van der Waals surface area contributed by atoms with Crippen molar-refractivity contribution in [2.75, 3.05) is 18.1 Å². The lowest BCUT2D eigenvalue weighted by Gasteiger charge is -2.18. The van der Waals surface area contributed by atoms with E-state index in [0.717, 1.165) is 32.9 Å². The number of carbonyl (C=O) groups is 3. The fraction of sp³-hybridized carbons (Fsp3) is 0.304. The molecule has 0 saturated carbocycles. The van der Waals surface area contributed by atoms with Crippen LogP contribution in [-0.2, 0) is 16.1 Å². The van der Waals surface area contributed by atoms with Crippen molar-refractivity contribution < 1.29 is 23.9 Å². The minimum Gasteiger partial charge on any atom is -0.490 e. The van der Waals surface area contributed by atoms with E-state index in [-0.39, 0.29) is 12.2 Å². The molecule has 1 aliphatic heterocycles. The summed E-state index contributed by atoms with van der Waals surface area (Å²) in [6.07, 6.45) is 1.61. The first-order valence-corrected chi connectivity index (χ1v) is 11.3. The van der Waals surface area contributed by atoms with Crippen molar-refractivity contribution in [2.45, 2.75) is 33.2 Å². The molecule has 166 valence electrons. The molecule has 0 spiro atoms. The number of anilines is 1. The molecule has 8 nitrogen and oxygen atoms in total. The van der Waals surface area contributed by atoms with Gasteiger partial charge in [-0.25, -0.2) is 19.6 Å². The average Bonchev–Trinajstić information content (AvgIpc) is 3.30. The molecule has 4 amide bonds. The van der Waals surface area contributed by atoms with Crippen molar-refractivity contribution in [3.8, 4) is 11.5 Å². The van der Waals surface area contributed by atoms with Gasteiger partial charge in [-0.2, -0.15) is 0 Å². The Balaban J connectivity index is 1.60. The van der Waals surface area contributed by atoms with Gasteiger partial charge in [0.2, 0.25) is 0 Å². The van der Waals surface area contributed by atoms with Crippen LogP contribution in [0.5, 0.6) is 11.5 Å². The quantitative estimate of drug-likeness (QED) is 0.353. The van der Waals surface area contributed by atoms with Crippen molar-refractivity contribution in [1.82, 2.24) is 9.88 Å². The molecule has 4 rings (SSSR count). The number of amides is 4. The molecule has 0 aliphatic carbocycles. The highest BCUT2D eigenvalue weighted by Gasteiger charge is 2.46. The minimum atomic E-state index is -0.903. The van der Waals surface area contributed by atoms with E-state index in [4.69, 9.17) is 9.47 Å². The van der Waals surface area contributed by atoms with Crippen LogP contribution < -0.4 is 14.4 Å². The summed E-state index contributed by atoms with van der Waals surface area (Å²) in [7, 11) is 0. The molecule has 2 heterocycles. The molecule has 0 bridgehead atoms. The van der Waals surface area contributed by atoms with Crippen molar-refractivity contribution >= 4 is 45.1 Å². The highest BCUT2D eigenvalue weighted by molar-refractivity contribution is 7.18. The predicted octanol–water partition coefficient (Wildman–Crippen LogP) is 4.37. The lowest BCUT2D eigenvalue weighted by atomic mass is 10.2. The molecule has 32 heavy (non-hydrogen) atoms. The number of ether oxygens (including phenoxy) is 2. The Morgan fingerprint density at radius 1 is 0.906 bits per heavy atom. The molecular formula is C23H23N3O5S. The first kappa shape index (κ1) is 21.8. The van der Waals surface area contributed by atoms with Gasteiger partial charge in [0.15, 0.2) is 11.5 Å². The molecule has 1 aromatic heterocycles. The smallest absolute Gasteiger partial charge is 0.339 e. The molecule has 0 radical (unpaired) electrons. The van der Waals surface area contributed by atoms with Crippen LogP contribution in [0.1, 0.15) is 31.7 Å². The van der Waals surface area contributed by atoms with Gasteiger partial charge in [0.1, 0.15) is 5.01 Å². The van der Waals surface area contributed by atoms with E-state index in [1.54, 1.807) is 18.2 Å². The van der Waals surface area contributed by atoms with Crippen molar-refractivity contribution in [1.29, 1.82) is 0 Å². The maximum absolute atomic E-state index is 13.0. The van der Waals surface area contributed by atoms with Gasteiger partial charge < -0.3 is 9.47 Å². The topological polar surface area (TPSA) is 89.0 Å². The average molecular weight is 454 g/mol. The fourth-order valence-electron chi connectivity index (χ4n) is 3.29.